The number of aliphatic hydroxyl groups excluding tert-OH is 1. The summed E-state index contributed by atoms with van der Waals surface area (Å²) < 4.78 is 0. The highest BCUT2D eigenvalue weighted by Crippen LogP contribution is 2.31. The number of nitrogens with one attached hydrogen (secondary N) is 1. The number of nitrogens with zero attached hydrogens (tertiary/aromatic N) is 1. The minimum Gasteiger partial charge on any atom is -0.508 e. The maximum atomic E-state index is 12.5. The quantitative estimate of drug-likeness (QED) is 0.702. The molecule has 0 aliphatic heterocycles. The second-order valence-electron chi connectivity index (χ2n) is 7.54. The van der Waals surface area contributed by atoms with E-state index in [1.54, 1.807) is 12.1 Å². The minimum atomic E-state index is -0.562. The Balaban J connectivity index is 1.56. The van der Waals surface area contributed by atoms with E-state index in [1.807, 2.05) is 50.5 Å². The van der Waals surface area contributed by atoms with Gasteiger partial charge in [-0.25, -0.2) is 0 Å². The van der Waals surface area contributed by atoms with E-state index in [2.05, 4.69) is 10.2 Å². The monoisotopic (exact) mass is 368 g/mol. The lowest BCUT2D eigenvalue weighted by Crippen LogP contribution is -2.36. The van der Waals surface area contributed by atoms with Crippen LogP contribution in [0.4, 0.5) is 0 Å². The number of amides is 1. The molecule has 3 rings (SSSR count). The zero-order chi connectivity index (χ0) is 19.4. The highest BCUT2D eigenvalue weighted by atomic mass is 16.3. The summed E-state index contributed by atoms with van der Waals surface area (Å²) in [4.78, 5) is 14.6. The van der Waals surface area contributed by atoms with Crippen LogP contribution in [0.15, 0.2) is 48.5 Å². The van der Waals surface area contributed by atoms with Crippen molar-refractivity contribution in [2.45, 2.75) is 43.9 Å². The number of hydrogen-bond acceptors (Lipinski definition) is 4. The standard InChI is InChI=1S/C22H28N2O3/c1-24(2)17(13-15-7-10-18(25)11-8-15)9-12-21(27)23-22-19-6-4-3-5-16(19)14-20(22)26/h3-8,10-11,17,20,22,25-26H,9,12-14H2,1-2H3,(H,23,27)/t17-,20+,22-/m1/s1. The third-order valence-electron chi connectivity index (χ3n) is 5.36. The lowest BCUT2D eigenvalue weighted by Gasteiger charge is -2.25. The largest absolute Gasteiger partial charge is 0.508 e. The Bertz CT molecular complexity index is 773. The molecule has 144 valence electrons. The third kappa shape index (κ3) is 4.87. The fourth-order valence-corrected chi connectivity index (χ4v) is 3.74. The molecule has 1 aliphatic rings. The van der Waals surface area contributed by atoms with E-state index in [1.165, 1.54) is 0 Å². The summed E-state index contributed by atoms with van der Waals surface area (Å²) in [5.41, 5.74) is 3.26. The summed E-state index contributed by atoms with van der Waals surface area (Å²) in [6, 6.07) is 15.0. The number of benzene rings is 2. The molecule has 3 atom stereocenters. The molecule has 5 heteroatoms. The van der Waals surface area contributed by atoms with Gasteiger partial charge in [-0.15, -0.1) is 0 Å². The molecule has 0 unspecified atom stereocenters. The number of fused-ring (bicyclic) bond motifs is 1. The first kappa shape index (κ1) is 19.4. The molecule has 0 heterocycles. The number of aliphatic hydroxyl groups is 1. The number of phenols is 1. The molecular weight excluding hydrogens is 340 g/mol. The number of phenolic OH excluding ortho intramolecular Hbond substituents is 1. The molecular formula is C22H28N2O3. The highest BCUT2D eigenvalue weighted by Gasteiger charge is 2.31. The van der Waals surface area contributed by atoms with E-state index in [0.29, 0.717) is 12.8 Å². The van der Waals surface area contributed by atoms with Gasteiger partial charge in [0.25, 0.3) is 0 Å². The first-order valence-corrected chi connectivity index (χ1v) is 9.43. The molecule has 0 spiro atoms. The van der Waals surface area contributed by atoms with E-state index in [4.69, 9.17) is 0 Å². The molecule has 1 aliphatic carbocycles. The first-order valence-electron chi connectivity index (χ1n) is 9.43. The van der Waals surface area contributed by atoms with Crippen LogP contribution in [0, 0.1) is 0 Å². The average molecular weight is 368 g/mol. The van der Waals surface area contributed by atoms with Crippen molar-refractivity contribution in [1.82, 2.24) is 10.2 Å². The van der Waals surface area contributed by atoms with Crippen molar-refractivity contribution >= 4 is 5.91 Å². The SMILES string of the molecule is CN(C)[C@H](CCC(=O)N[C@@H]1c2ccccc2C[C@@H]1O)Cc1ccc(O)cc1. The van der Waals surface area contributed by atoms with E-state index < -0.39 is 6.10 Å². The van der Waals surface area contributed by atoms with Crippen molar-refractivity contribution in [3.8, 4) is 5.75 Å². The maximum absolute atomic E-state index is 12.5. The van der Waals surface area contributed by atoms with Gasteiger partial charge in [0.15, 0.2) is 0 Å². The van der Waals surface area contributed by atoms with Gasteiger partial charge in [0.2, 0.25) is 5.91 Å². The first-order chi connectivity index (χ1) is 12.9. The fourth-order valence-electron chi connectivity index (χ4n) is 3.74. The van der Waals surface area contributed by atoms with Crippen LogP contribution in [0.2, 0.25) is 0 Å². The fraction of sp³-hybridized carbons (Fsp3) is 0.409. The average Bonchev–Trinajstić information content (AvgIpc) is 2.95. The third-order valence-corrected chi connectivity index (χ3v) is 5.36. The van der Waals surface area contributed by atoms with E-state index >= 15 is 0 Å². The molecule has 2 aromatic rings. The predicted molar refractivity (Wildman–Crippen MR) is 106 cm³/mol. The number of aromatic hydroxyl groups is 1. The Hall–Kier alpha value is -2.37. The molecule has 0 saturated heterocycles. The van der Waals surface area contributed by atoms with Crippen molar-refractivity contribution in [3.05, 3.63) is 65.2 Å². The van der Waals surface area contributed by atoms with Crippen LogP contribution < -0.4 is 5.32 Å². The summed E-state index contributed by atoms with van der Waals surface area (Å²) >= 11 is 0. The van der Waals surface area contributed by atoms with Crippen molar-refractivity contribution < 1.29 is 15.0 Å². The maximum Gasteiger partial charge on any atom is 0.220 e. The zero-order valence-electron chi connectivity index (χ0n) is 15.9. The van der Waals surface area contributed by atoms with Crippen LogP contribution in [0.25, 0.3) is 0 Å². The molecule has 3 N–H and O–H groups in total. The number of carbonyl (C=O) groups is 1. The van der Waals surface area contributed by atoms with Gasteiger partial charge in [-0.1, -0.05) is 36.4 Å². The second-order valence-corrected chi connectivity index (χ2v) is 7.54. The van der Waals surface area contributed by atoms with Crippen LogP contribution >= 0.6 is 0 Å². The Morgan fingerprint density at radius 1 is 1.19 bits per heavy atom. The van der Waals surface area contributed by atoms with E-state index in [0.717, 1.165) is 29.5 Å². The van der Waals surface area contributed by atoms with Gasteiger partial charge in [0.05, 0.1) is 12.1 Å². The van der Waals surface area contributed by atoms with Crippen molar-refractivity contribution in [2.75, 3.05) is 14.1 Å². The van der Waals surface area contributed by atoms with Gasteiger partial charge in [-0.2, -0.15) is 0 Å². The van der Waals surface area contributed by atoms with Crippen LogP contribution in [0.3, 0.4) is 0 Å². The normalized spacial score (nSPS) is 19.7. The van der Waals surface area contributed by atoms with Crippen LogP contribution in [-0.2, 0) is 17.6 Å². The predicted octanol–water partition coefficient (Wildman–Crippen LogP) is 2.42. The van der Waals surface area contributed by atoms with Gasteiger partial charge < -0.3 is 20.4 Å². The number of hydrogen-bond donors (Lipinski definition) is 3. The van der Waals surface area contributed by atoms with Gasteiger partial charge in [-0.05, 0) is 55.8 Å². The molecule has 1 amide bonds. The molecule has 0 radical (unpaired) electrons. The summed E-state index contributed by atoms with van der Waals surface area (Å²) in [6.45, 7) is 0. The highest BCUT2D eigenvalue weighted by molar-refractivity contribution is 5.76. The Morgan fingerprint density at radius 3 is 2.59 bits per heavy atom. The van der Waals surface area contributed by atoms with Gasteiger partial charge >= 0.3 is 0 Å². The van der Waals surface area contributed by atoms with E-state index in [9.17, 15) is 15.0 Å². The van der Waals surface area contributed by atoms with Crippen molar-refractivity contribution in [3.63, 3.8) is 0 Å². The Kier molecular flexibility index (Phi) is 6.14. The van der Waals surface area contributed by atoms with Gasteiger partial charge in [-0.3, -0.25) is 4.79 Å². The Labute approximate surface area is 160 Å². The van der Waals surface area contributed by atoms with E-state index in [-0.39, 0.29) is 23.7 Å². The number of carbonyl (C=O) groups excluding carboxylic acids is 1. The van der Waals surface area contributed by atoms with Crippen LogP contribution in [0.1, 0.15) is 35.6 Å². The summed E-state index contributed by atoms with van der Waals surface area (Å²) in [5, 5.41) is 22.7. The molecule has 5 nitrogen and oxygen atoms in total. The topological polar surface area (TPSA) is 72.8 Å². The summed E-state index contributed by atoms with van der Waals surface area (Å²) in [7, 11) is 4.03. The molecule has 0 aromatic heterocycles. The van der Waals surface area contributed by atoms with Crippen LogP contribution in [0.5, 0.6) is 5.75 Å². The molecule has 0 saturated carbocycles. The Morgan fingerprint density at radius 2 is 1.89 bits per heavy atom. The summed E-state index contributed by atoms with van der Waals surface area (Å²) in [6.07, 6.45) is 1.97. The second kappa shape index (κ2) is 8.55. The molecule has 27 heavy (non-hydrogen) atoms. The lowest BCUT2D eigenvalue weighted by atomic mass is 10.00. The smallest absolute Gasteiger partial charge is 0.220 e. The van der Waals surface area contributed by atoms with Gasteiger partial charge in [0, 0.05) is 18.9 Å². The minimum absolute atomic E-state index is 0.0340. The molecule has 0 bridgehead atoms. The molecule has 2 aromatic carbocycles. The van der Waals surface area contributed by atoms with Crippen molar-refractivity contribution in [2.24, 2.45) is 0 Å². The summed E-state index contributed by atoms with van der Waals surface area (Å²) in [5.74, 6) is 0.225. The zero-order valence-corrected chi connectivity index (χ0v) is 15.9. The number of rotatable bonds is 7. The van der Waals surface area contributed by atoms with Crippen molar-refractivity contribution in [1.29, 1.82) is 0 Å². The molecule has 0 fully saturated rings. The van der Waals surface area contributed by atoms with Gasteiger partial charge in [0.1, 0.15) is 5.75 Å². The number of likely N-dealkylation sites (N-methyl/N-ethyl adjacent to an activating group) is 1. The van der Waals surface area contributed by atoms with Crippen LogP contribution in [-0.4, -0.2) is 47.3 Å². The lowest BCUT2D eigenvalue weighted by molar-refractivity contribution is -0.122.